The molecule has 3 atom stereocenters. The lowest BCUT2D eigenvalue weighted by Gasteiger charge is -2.27. The van der Waals surface area contributed by atoms with E-state index in [1.54, 1.807) is 0 Å². The Balaban J connectivity index is 1.26. The van der Waals surface area contributed by atoms with Gasteiger partial charge in [-0.05, 0) is 53.6 Å². The number of carboxylic acid groups (broad SMARTS) is 1. The van der Waals surface area contributed by atoms with Crippen molar-refractivity contribution in [2.75, 3.05) is 20.2 Å². The number of benzene rings is 3. The van der Waals surface area contributed by atoms with Crippen LogP contribution in [0.25, 0.3) is 11.1 Å². The van der Waals surface area contributed by atoms with Crippen LogP contribution in [0.15, 0.2) is 78.9 Å². The van der Waals surface area contributed by atoms with Crippen molar-refractivity contribution >= 4 is 18.0 Å². The number of rotatable bonds is 11. The highest BCUT2D eigenvalue weighted by molar-refractivity contribution is 5.86. The summed E-state index contributed by atoms with van der Waals surface area (Å²) in [7, 11) is 1.90. The van der Waals surface area contributed by atoms with Crippen molar-refractivity contribution in [3.05, 3.63) is 95.6 Å². The van der Waals surface area contributed by atoms with Crippen LogP contribution in [-0.2, 0) is 20.9 Å². The Labute approximate surface area is 240 Å². The Morgan fingerprint density at radius 3 is 2.22 bits per heavy atom. The zero-order chi connectivity index (χ0) is 28.8. The first-order valence-corrected chi connectivity index (χ1v) is 14.2. The van der Waals surface area contributed by atoms with Crippen molar-refractivity contribution in [3.8, 4) is 11.1 Å². The first-order chi connectivity index (χ1) is 19.9. The van der Waals surface area contributed by atoms with Gasteiger partial charge in [0, 0.05) is 25.0 Å². The molecule has 1 saturated carbocycles. The molecule has 3 aromatic carbocycles. The molecule has 0 spiro atoms. The lowest BCUT2D eigenvalue weighted by atomic mass is 9.98. The Hall–Kier alpha value is -4.17. The summed E-state index contributed by atoms with van der Waals surface area (Å²) in [6.45, 7) is 1.01. The summed E-state index contributed by atoms with van der Waals surface area (Å²) >= 11 is 0. The first kappa shape index (κ1) is 28.4. The molecule has 8 nitrogen and oxygen atoms in total. The summed E-state index contributed by atoms with van der Waals surface area (Å²) in [4.78, 5) is 39.9. The van der Waals surface area contributed by atoms with Crippen LogP contribution in [0.2, 0.25) is 0 Å². The Bertz CT molecular complexity index is 1330. The number of alkyl carbamates (subject to hydrolysis) is 1. The van der Waals surface area contributed by atoms with Gasteiger partial charge in [-0.3, -0.25) is 14.5 Å². The van der Waals surface area contributed by atoms with Gasteiger partial charge in [0.05, 0.1) is 6.42 Å². The average Bonchev–Trinajstić information content (AvgIpc) is 3.53. The number of aliphatic carboxylic acids is 1. The van der Waals surface area contributed by atoms with Crippen molar-refractivity contribution in [2.45, 2.75) is 50.2 Å². The fraction of sp³-hybridized carbons (Fsp3) is 0.364. The molecule has 0 saturated heterocycles. The average molecular weight is 556 g/mol. The number of carbonyl (C=O) groups excluding carboxylic acids is 2. The van der Waals surface area contributed by atoms with E-state index in [2.05, 4.69) is 34.9 Å². The van der Waals surface area contributed by atoms with Crippen LogP contribution in [0.3, 0.4) is 0 Å². The van der Waals surface area contributed by atoms with Crippen LogP contribution in [0, 0.1) is 5.92 Å². The molecule has 2 aliphatic rings. The maximum absolute atomic E-state index is 13.5. The first-order valence-electron chi connectivity index (χ1n) is 14.2. The van der Waals surface area contributed by atoms with Gasteiger partial charge >= 0.3 is 12.1 Å². The zero-order valence-corrected chi connectivity index (χ0v) is 23.3. The van der Waals surface area contributed by atoms with Gasteiger partial charge in [0.15, 0.2) is 0 Å². The predicted molar refractivity (Wildman–Crippen MR) is 156 cm³/mol. The number of fused-ring (bicyclic) bond motifs is 3. The van der Waals surface area contributed by atoms with E-state index >= 15 is 0 Å². The number of ether oxygens (including phenoxy) is 1. The highest BCUT2D eigenvalue weighted by Crippen LogP contribution is 2.44. The lowest BCUT2D eigenvalue weighted by Crippen LogP contribution is -2.54. The third-order valence-electron chi connectivity index (χ3n) is 8.17. The normalized spacial score (nSPS) is 18.4. The van der Waals surface area contributed by atoms with Gasteiger partial charge in [-0.1, -0.05) is 85.3 Å². The van der Waals surface area contributed by atoms with Gasteiger partial charge in [-0.25, -0.2) is 4.79 Å². The molecule has 3 unspecified atom stereocenters. The summed E-state index contributed by atoms with van der Waals surface area (Å²) in [6, 6.07) is 25.1. The molecule has 0 radical (unpaired) electrons. The molecule has 5 rings (SSSR count). The Morgan fingerprint density at radius 2 is 1.56 bits per heavy atom. The largest absolute Gasteiger partial charge is 0.481 e. The molecule has 2 aliphatic carbocycles. The van der Waals surface area contributed by atoms with Crippen LogP contribution < -0.4 is 10.6 Å². The second-order valence-electron chi connectivity index (χ2n) is 11.1. The molecular weight excluding hydrogens is 518 g/mol. The third-order valence-corrected chi connectivity index (χ3v) is 8.17. The smallest absolute Gasteiger partial charge is 0.407 e. The maximum atomic E-state index is 13.5. The quantitative estimate of drug-likeness (QED) is 0.314. The van der Waals surface area contributed by atoms with E-state index in [1.807, 2.05) is 66.5 Å². The second kappa shape index (κ2) is 13.0. The number of hydrogen-bond acceptors (Lipinski definition) is 5. The highest BCUT2D eigenvalue weighted by atomic mass is 16.5. The number of hydrogen-bond donors (Lipinski definition) is 3. The molecule has 0 aromatic heterocycles. The van der Waals surface area contributed by atoms with Crippen molar-refractivity contribution in [2.24, 2.45) is 5.92 Å². The summed E-state index contributed by atoms with van der Waals surface area (Å²) in [5.74, 6) is -1.40. The molecule has 3 aromatic rings. The van der Waals surface area contributed by atoms with E-state index in [1.165, 1.54) is 0 Å². The molecule has 3 N–H and O–H groups in total. The Kier molecular flexibility index (Phi) is 8.99. The number of amides is 2. The molecule has 0 heterocycles. The summed E-state index contributed by atoms with van der Waals surface area (Å²) in [5, 5.41) is 15.1. The van der Waals surface area contributed by atoms with Crippen LogP contribution in [0.4, 0.5) is 4.79 Å². The zero-order valence-electron chi connectivity index (χ0n) is 23.3. The monoisotopic (exact) mass is 555 g/mol. The van der Waals surface area contributed by atoms with Crippen molar-refractivity contribution in [1.29, 1.82) is 0 Å². The van der Waals surface area contributed by atoms with E-state index in [9.17, 15) is 19.5 Å². The van der Waals surface area contributed by atoms with Gasteiger partial charge in [0.25, 0.3) is 0 Å². The van der Waals surface area contributed by atoms with Crippen LogP contribution >= 0.6 is 0 Å². The summed E-state index contributed by atoms with van der Waals surface area (Å²) in [6.07, 6.45) is 1.70. The van der Waals surface area contributed by atoms with Gasteiger partial charge in [0.2, 0.25) is 5.91 Å². The number of nitrogens with one attached hydrogen (secondary N) is 2. The molecule has 1 fully saturated rings. The van der Waals surface area contributed by atoms with E-state index < -0.39 is 18.1 Å². The van der Waals surface area contributed by atoms with Gasteiger partial charge < -0.3 is 20.5 Å². The Morgan fingerprint density at radius 1 is 0.927 bits per heavy atom. The van der Waals surface area contributed by atoms with E-state index in [0.717, 1.165) is 47.1 Å². The summed E-state index contributed by atoms with van der Waals surface area (Å²) < 4.78 is 5.74. The lowest BCUT2D eigenvalue weighted by molar-refractivity contribution is -0.138. The second-order valence-corrected chi connectivity index (χ2v) is 11.1. The highest BCUT2D eigenvalue weighted by Gasteiger charge is 2.34. The van der Waals surface area contributed by atoms with Crippen molar-refractivity contribution in [3.63, 3.8) is 0 Å². The fourth-order valence-corrected chi connectivity index (χ4v) is 6.23. The third kappa shape index (κ3) is 6.95. The van der Waals surface area contributed by atoms with Crippen LogP contribution in [0.5, 0.6) is 0 Å². The van der Waals surface area contributed by atoms with E-state index in [4.69, 9.17) is 4.74 Å². The van der Waals surface area contributed by atoms with Crippen molar-refractivity contribution in [1.82, 2.24) is 15.5 Å². The minimum Gasteiger partial charge on any atom is -0.481 e. The van der Waals surface area contributed by atoms with Gasteiger partial charge in [-0.2, -0.15) is 0 Å². The van der Waals surface area contributed by atoms with Gasteiger partial charge in [-0.15, -0.1) is 0 Å². The summed E-state index contributed by atoms with van der Waals surface area (Å²) in [5.41, 5.74) is 5.61. The molecule has 214 valence electrons. The number of nitrogens with zero attached hydrogens (tertiary/aromatic N) is 1. The maximum Gasteiger partial charge on any atom is 0.407 e. The molecule has 0 bridgehead atoms. The standard InChI is InChI=1S/C33H37N3O5/c1-36(19-22-10-3-2-4-11-22)20-30(32(39)34-29-17-9-12-23(29)18-31(37)38)35-33(40)41-21-28-26-15-7-5-13-24(26)25-14-6-8-16-27(25)28/h2-8,10-11,13-16,23,28-30H,9,12,17-21H2,1H3,(H,34,39)(H,35,40)(H,37,38). The van der Waals surface area contributed by atoms with E-state index in [-0.39, 0.29) is 43.4 Å². The minimum atomic E-state index is -0.870. The van der Waals surface area contributed by atoms with E-state index in [0.29, 0.717) is 6.54 Å². The number of carbonyl (C=O) groups is 3. The van der Waals surface area contributed by atoms with Crippen LogP contribution in [0.1, 0.15) is 48.3 Å². The molecule has 8 heteroatoms. The molecule has 0 aliphatic heterocycles. The number of carboxylic acids is 1. The SMILES string of the molecule is CN(Cc1ccccc1)CC(NC(=O)OCC1c2ccccc2-c2ccccc21)C(=O)NC1CCCC1CC(=O)O. The van der Waals surface area contributed by atoms with Crippen molar-refractivity contribution < 1.29 is 24.2 Å². The topological polar surface area (TPSA) is 108 Å². The van der Waals surface area contributed by atoms with Crippen LogP contribution in [-0.4, -0.2) is 60.3 Å². The van der Waals surface area contributed by atoms with Gasteiger partial charge in [0.1, 0.15) is 12.6 Å². The number of likely N-dealkylation sites (N-methyl/N-ethyl adjacent to an activating group) is 1. The fourth-order valence-electron chi connectivity index (χ4n) is 6.23. The molecular formula is C33H37N3O5. The minimum absolute atomic E-state index is 0.0172. The predicted octanol–water partition coefficient (Wildman–Crippen LogP) is 4.79. The molecule has 2 amide bonds. The molecule has 41 heavy (non-hydrogen) atoms.